The molecule has 2 heteroatoms. The molecule has 0 aliphatic rings. The number of nitrogens with one attached hydrogen (secondary N) is 1. The van der Waals surface area contributed by atoms with Gasteiger partial charge in [0.05, 0.1) is 0 Å². The fraction of sp³-hybridized carbons (Fsp3) is 0.125. The highest BCUT2D eigenvalue weighted by Crippen LogP contribution is 2.26. The highest BCUT2D eigenvalue weighted by atomic mass is 16.3. The molecule has 0 bridgehead atoms. The number of para-hydroxylation sites is 1. The Morgan fingerprint density at radius 3 is 2.39 bits per heavy atom. The summed E-state index contributed by atoms with van der Waals surface area (Å²) in [6, 6.07) is 17.6. The molecule has 2 aromatic rings. The van der Waals surface area contributed by atoms with Crippen molar-refractivity contribution in [2.75, 3.05) is 7.05 Å². The molecule has 0 saturated heterocycles. The van der Waals surface area contributed by atoms with E-state index in [1.54, 1.807) is 6.07 Å². The minimum Gasteiger partial charge on any atom is -0.507 e. The molecule has 92 valence electrons. The molecule has 0 saturated carbocycles. The van der Waals surface area contributed by atoms with Gasteiger partial charge in [0.2, 0.25) is 0 Å². The molecule has 0 aliphatic carbocycles. The van der Waals surface area contributed by atoms with Crippen LogP contribution in [0.1, 0.15) is 11.1 Å². The van der Waals surface area contributed by atoms with E-state index in [1.165, 1.54) is 5.56 Å². The Labute approximate surface area is 108 Å². The minimum absolute atomic E-state index is 0.315. The molecule has 2 rings (SSSR count). The third-order valence-corrected chi connectivity index (χ3v) is 2.81. The van der Waals surface area contributed by atoms with Crippen molar-refractivity contribution in [3.63, 3.8) is 0 Å². The van der Waals surface area contributed by atoms with Gasteiger partial charge in [-0.1, -0.05) is 48.5 Å². The number of phenols is 1. The Hall–Kier alpha value is -2.22. The van der Waals surface area contributed by atoms with E-state index < -0.39 is 0 Å². The van der Waals surface area contributed by atoms with Crippen LogP contribution in [0.2, 0.25) is 0 Å². The SMILES string of the molecule is CNC=C(Cc1ccccc1)c1ccccc1O. The molecule has 0 aromatic heterocycles. The Morgan fingerprint density at radius 1 is 1.06 bits per heavy atom. The van der Waals surface area contributed by atoms with Crippen molar-refractivity contribution in [1.29, 1.82) is 0 Å². The highest BCUT2D eigenvalue weighted by molar-refractivity contribution is 5.71. The molecule has 0 unspecified atom stereocenters. The minimum atomic E-state index is 0.315. The van der Waals surface area contributed by atoms with Crippen molar-refractivity contribution in [3.05, 3.63) is 71.9 Å². The maximum atomic E-state index is 9.92. The average molecular weight is 239 g/mol. The highest BCUT2D eigenvalue weighted by Gasteiger charge is 2.07. The van der Waals surface area contributed by atoms with Crippen molar-refractivity contribution in [2.24, 2.45) is 0 Å². The van der Waals surface area contributed by atoms with Crippen molar-refractivity contribution in [1.82, 2.24) is 5.32 Å². The summed E-state index contributed by atoms with van der Waals surface area (Å²) in [7, 11) is 1.87. The molecular weight excluding hydrogens is 222 g/mol. The molecule has 0 fully saturated rings. The number of hydrogen-bond acceptors (Lipinski definition) is 2. The van der Waals surface area contributed by atoms with Crippen molar-refractivity contribution in [3.8, 4) is 5.75 Å². The lowest BCUT2D eigenvalue weighted by Crippen LogP contribution is -1.99. The van der Waals surface area contributed by atoms with Gasteiger partial charge in [0.25, 0.3) is 0 Å². The summed E-state index contributed by atoms with van der Waals surface area (Å²) >= 11 is 0. The summed E-state index contributed by atoms with van der Waals surface area (Å²) in [4.78, 5) is 0. The Morgan fingerprint density at radius 2 is 1.72 bits per heavy atom. The van der Waals surface area contributed by atoms with Crippen LogP contribution in [0, 0.1) is 0 Å². The zero-order valence-electron chi connectivity index (χ0n) is 10.4. The van der Waals surface area contributed by atoms with E-state index in [1.807, 2.05) is 49.6 Å². The van der Waals surface area contributed by atoms with Crippen molar-refractivity contribution >= 4 is 5.57 Å². The van der Waals surface area contributed by atoms with Gasteiger partial charge in [-0.05, 0) is 23.6 Å². The van der Waals surface area contributed by atoms with Gasteiger partial charge in [0, 0.05) is 18.8 Å². The van der Waals surface area contributed by atoms with Crippen LogP contribution in [0.4, 0.5) is 0 Å². The van der Waals surface area contributed by atoms with Crippen LogP contribution < -0.4 is 5.32 Å². The molecule has 18 heavy (non-hydrogen) atoms. The smallest absolute Gasteiger partial charge is 0.123 e. The van der Waals surface area contributed by atoms with Gasteiger partial charge in [0.1, 0.15) is 5.75 Å². The molecule has 0 heterocycles. The summed E-state index contributed by atoms with van der Waals surface area (Å²) in [5.74, 6) is 0.315. The second-order valence-electron chi connectivity index (χ2n) is 4.14. The number of allylic oxidation sites excluding steroid dienone is 1. The Bertz CT molecular complexity index is 532. The van der Waals surface area contributed by atoms with E-state index in [0.717, 1.165) is 17.6 Å². The van der Waals surface area contributed by atoms with E-state index in [-0.39, 0.29) is 0 Å². The number of rotatable bonds is 4. The largest absolute Gasteiger partial charge is 0.507 e. The number of benzene rings is 2. The lowest BCUT2D eigenvalue weighted by molar-refractivity contribution is 0.473. The second kappa shape index (κ2) is 5.92. The zero-order chi connectivity index (χ0) is 12.8. The van der Waals surface area contributed by atoms with Crippen LogP contribution in [0.5, 0.6) is 5.75 Å². The first-order valence-electron chi connectivity index (χ1n) is 6.00. The monoisotopic (exact) mass is 239 g/mol. The molecule has 2 N–H and O–H groups in total. The molecule has 0 aliphatic heterocycles. The van der Waals surface area contributed by atoms with Gasteiger partial charge in [-0.3, -0.25) is 0 Å². The van der Waals surface area contributed by atoms with Crippen LogP contribution in [-0.4, -0.2) is 12.2 Å². The van der Waals surface area contributed by atoms with Crippen molar-refractivity contribution < 1.29 is 5.11 Å². The van der Waals surface area contributed by atoms with Crippen LogP contribution in [0.25, 0.3) is 5.57 Å². The lowest BCUT2D eigenvalue weighted by Gasteiger charge is -2.10. The summed E-state index contributed by atoms with van der Waals surface area (Å²) < 4.78 is 0. The molecule has 2 nitrogen and oxygen atoms in total. The Balaban J connectivity index is 2.31. The maximum Gasteiger partial charge on any atom is 0.123 e. The molecule has 0 amide bonds. The van der Waals surface area contributed by atoms with Crippen LogP contribution >= 0.6 is 0 Å². The number of aromatic hydroxyl groups is 1. The first kappa shape index (κ1) is 12.2. The first-order chi connectivity index (χ1) is 8.81. The molecule has 0 atom stereocenters. The maximum absolute atomic E-state index is 9.92. The summed E-state index contributed by atoms with van der Waals surface area (Å²) in [6.07, 6.45) is 2.72. The average Bonchev–Trinajstić information content (AvgIpc) is 2.40. The molecular formula is C16H17NO. The standard InChI is InChI=1S/C16H17NO/c1-17-12-14(11-13-7-3-2-4-8-13)15-9-5-6-10-16(15)18/h2-10,12,17-18H,11H2,1H3. The predicted octanol–water partition coefficient (Wildman–Crippen LogP) is 3.20. The summed E-state index contributed by atoms with van der Waals surface area (Å²) in [5.41, 5.74) is 3.17. The summed E-state index contributed by atoms with van der Waals surface area (Å²) in [5, 5.41) is 13.0. The topological polar surface area (TPSA) is 32.3 Å². The van der Waals surface area contributed by atoms with Gasteiger partial charge < -0.3 is 10.4 Å². The van der Waals surface area contributed by atoms with Crippen LogP contribution in [-0.2, 0) is 6.42 Å². The van der Waals surface area contributed by atoms with Gasteiger partial charge in [-0.15, -0.1) is 0 Å². The summed E-state index contributed by atoms with van der Waals surface area (Å²) in [6.45, 7) is 0. The fourth-order valence-corrected chi connectivity index (χ4v) is 1.96. The predicted molar refractivity (Wildman–Crippen MR) is 75.3 cm³/mol. The zero-order valence-corrected chi connectivity index (χ0v) is 10.4. The molecule has 2 aromatic carbocycles. The van der Waals surface area contributed by atoms with E-state index in [2.05, 4.69) is 17.4 Å². The van der Waals surface area contributed by atoms with E-state index in [9.17, 15) is 5.11 Å². The number of phenolic OH excluding ortho intramolecular Hbond substituents is 1. The van der Waals surface area contributed by atoms with E-state index in [4.69, 9.17) is 0 Å². The third kappa shape index (κ3) is 2.92. The second-order valence-corrected chi connectivity index (χ2v) is 4.14. The van der Waals surface area contributed by atoms with Gasteiger partial charge >= 0.3 is 0 Å². The number of hydrogen-bond donors (Lipinski definition) is 2. The van der Waals surface area contributed by atoms with E-state index >= 15 is 0 Å². The fourth-order valence-electron chi connectivity index (χ4n) is 1.96. The van der Waals surface area contributed by atoms with Crippen molar-refractivity contribution in [2.45, 2.75) is 6.42 Å². The lowest BCUT2D eigenvalue weighted by atomic mass is 9.98. The van der Waals surface area contributed by atoms with Crippen LogP contribution in [0.15, 0.2) is 60.8 Å². The molecule has 0 spiro atoms. The van der Waals surface area contributed by atoms with Gasteiger partial charge in [-0.2, -0.15) is 0 Å². The van der Waals surface area contributed by atoms with Gasteiger partial charge in [0.15, 0.2) is 0 Å². The third-order valence-electron chi connectivity index (χ3n) is 2.81. The van der Waals surface area contributed by atoms with Crippen LogP contribution in [0.3, 0.4) is 0 Å². The normalized spacial score (nSPS) is 11.3. The van der Waals surface area contributed by atoms with Gasteiger partial charge in [-0.25, -0.2) is 0 Å². The van der Waals surface area contributed by atoms with E-state index in [0.29, 0.717) is 5.75 Å². The Kier molecular flexibility index (Phi) is 4.02. The first-order valence-corrected chi connectivity index (χ1v) is 6.00. The quantitative estimate of drug-likeness (QED) is 0.858. The molecule has 0 radical (unpaired) electrons.